The molecule has 2 amide bonds. The molecule has 8 heteroatoms. The molecule has 0 aliphatic rings. The van der Waals surface area contributed by atoms with Crippen molar-refractivity contribution >= 4 is 11.8 Å². The van der Waals surface area contributed by atoms with Crippen LogP contribution in [0.25, 0.3) is 0 Å². The van der Waals surface area contributed by atoms with Crippen molar-refractivity contribution in [3.8, 4) is 0 Å². The van der Waals surface area contributed by atoms with Gasteiger partial charge in [0.2, 0.25) is 11.8 Å². The zero-order valence-electron chi connectivity index (χ0n) is 35.8. The number of hydrogen-bond donors (Lipinski definition) is 6. The van der Waals surface area contributed by atoms with Crippen LogP contribution in [0.5, 0.6) is 0 Å². The van der Waals surface area contributed by atoms with Crippen LogP contribution >= 0.6 is 0 Å². The van der Waals surface area contributed by atoms with Crippen LogP contribution in [-0.4, -0.2) is 69.7 Å². The van der Waals surface area contributed by atoms with Crippen LogP contribution in [-0.2, 0) is 9.59 Å². The van der Waals surface area contributed by atoms with E-state index < -0.39 is 24.3 Å². The number of carbonyl (C=O) groups excluding carboxylic acids is 2. The third-order valence-corrected chi connectivity index (χ3v) is 11.3. The molecule has 0 saturated carbocycles. The first-order valence-electron chi connectivity index (χ1n) is 23.6. The first-order valence-corrected chi connectivity index (χ1v) is 23.6. The highest BCUT2D eigenvalue weighted by Gasteiger charge is 2.21. The fourth-order valence-corrected chi connectivity index (χ4v) is 7.51. The van der Waals surface area contributed by atoms with Gasteiger partial charge < -0.3 is 31.1 Å². The van der Waals surface area contributed by atoms with Crippen LogP contribution in [0.2, 0.25) is 0 Å². The van der Waals surface area contributed by atoms with Gasteiger partial charge in [0.15, 0.2) is 0 Å². The van der Waals surface area contributed by atoms with E-state index in [0.717, 1.165) is 64.2 Å². The fraction of sp³-hybridized carbons (Fsp3) is 0.957. The second-order valence-corrected chi connectivity index (χ2v) is 16.5. The summed E-state index contributed by atoms with van der Waals surface area (Å²) in [7, 11) is 0. The van der Waals surface area contributed by atoms with Gasteiger partial charge in [0, 0.05) is 12.8 Å². The third kappa shape index (κ3) is 35.2. The minimum absolute atomic E-state index is 0.121. The quantitative estimate of drug-likeness (QED) is 0.0341. The number of carbonyl (C=O) groups is 2. The van der Waals surface area contributed by atoms with Crippen molar-refractivity contribution in [2.45, 2.75) is 269 Å². The summed E-state index contributed by atoms with van der Waals surface area (Å²) in [6, 6.07) is -1.21. The first kappa shape index (κ1) is 52.8. The van der Waals surface area contributed by atoms with E-state index in [2.05, 4.69) is 24.5 Å². The van der Waals surface area contributed by atoms with E-state index in [9.17, 15) is 30.0 Å². The van der Waals surface area contributed by atoms with Crippen molar-refractivity contribution in [3.05, 3.63) is 0 Å². The number of nitrogens with one attached hydrogen (secondary N) is 2. The number of amides is 2. The molecule has 0 bridgehead atoms. The largest absolute Gasteiger partial charge is 0.394 e. The van der Waals surface area contributed by atoms with Gasteiger partial charge in [-0.3, -0.25) is 9.59 Å². The molecule has 0 radical (unpaired) electrons. The predicted octanol–water partition coefficient (Wildman–Crippen LogP) is 10.7. The minimum atomic E-state index is -0.719. The minimum Gasteiger partial charge on any atom is -0.394 e. The Labute approximate surface area is 334 Å². The molecular weight excluding hydrogens is 677 g/mol. The fourth-order valence-electron chi connectivity index (χ4n) is 7.51. The number of rotatable bonds is 43. The summed E-state index contributed by atoms with van der Waals surface area (Å²) >= 11 is 0. The summed E-state index contributed by atoms with van der Waals surface area (Å²) in [5, 5.41) is 46.2. The number of unbranched alkanes of at least 4 members (excludes halogenated alkanes) is 29. The van der Waals surface area contributed by atoms with E-state index >= 15 is 0 Å². The summed E-state index contributed by atoms with van der Waals surface area (Å²) < 4.78 is 0. The molecule has 4 unspecified atom stereocenters. The maximum Gasteiger partial charge on any atom is 0.220 e. The average Bonchev–Trinajstić information content (AvgIpc) is 3.17. The Balaban J connectivity index is 3.77. The second-order valence-electron chi connectivity index (χ2n) is 16.5. The number of hydrogen-bond acceptors (Lipinski definition) is 6. The van der Waals surface area contributed by atoms with Crippen molar-refractivity contribution < 1.29 is 30.0 Å². The zero-order valence-corrected chi connectivity index (χ0v) is 35.8. The normalized spacial score (nSPS) is 13.8. The van der Waals surface area contributed by atoms with Crippen molar-refractivity contribution in [1.82, 2.24) is 10.6 Å². The molecule has 8 nitrogen and oxygen atoms in total. The predicted molar refractivity (Wildman–Crippen MR) is 228 cm³/mol. The van der Waals surface area contributed by atoms with Gasteiger partial charge in [0.1, 0.15) is 0 Å². The summed E-state index contributed by atoms with van der Waals surface area (Å²) in [5.74, 6) is -0.241. The molecule has 0 aromatic heterocycles. The van der Waals surface area contributed by atoms with E-state index in [4.69, 9.17) is 0 Å². The van der Waals surface area contributed by atoms with E-state index in [0.29, 0.717) is 25.7 Å². The van der Waals surface area contributed by atoms with Crippen LogP contribution in [0.1, 0.15) is 245 Å². The number of aliphatic hydroxyl groups excluding tert-OH is 4. The summed E-state index contributed by atoms with van der Waals surface area (Å²) in [6.45, 7) is 4.01. The summed E-state index contributed by atoms with van der Waals surface area (Å²) in [6.07, 6.45) is 39.0. The monoisotopic (exact) mass is 769 g/mol. The van der Waals surface area contributed by atoms with Crippen molar-refractivity contribution in [3.63, 3.8) is 0 Å². The molecule has 0 saturated heterocycles. The smallest absolute Gasteiger partial charge is 0.220 e. The highest BCUT2D eigenvalue weighted by atomic mass is 16.3. The van der Waals surface area contributed by atoms with Gasteiger partial charge in [-0.15, -0.1) is 0 Å². The lowest BCUT2D eigenvalue weighted by molar-refractivity contribution is -0.124. The van der Waals surface area contributed by atoms with Crippen LogP contribution in [0.3, 0.4) is 0 Å². The van der Waals surface area contributed by atoms with Gasteiger partial charge in [-0.25, -0.2) is 0 Å². The Bertz CT molecular complexity index is 735. The van der Waals surface area contributed by atoms with Gasteiger partial charge in [-0.05, 0) is 25.7 Å². The van der Waals surface area contributed by atoms with Gasteiger partial charge in [-0.2, -0.15) is 0 Å². The van der Waals surface area contributed by atoms with Gasteiger partial charge in [0.05, 0.1) is 37.5 Å². The molecular formula is C46H92N2O6. The van der Waals surface area contributed by atoms with Crippen LogP contribution in [0.15, 0.2) is 0 Å². The van der Waals surface area contributed by atoms with Crippen molar-refractivity contribution in [1.29, 1.82) is 0 Å². The molecule has 0 aliphatic carbocycles. The standard InChI is InChI=1S/C46H92N2O6/c1-3-5-7-9-11-13-15-17-19-21-23-27-31-35-43(51)41(39-49)47-45(53)37-33-29-25-26-30-34-38-46(54)48-42(40-50)44(52)36-32-28-24-22-20-18-16-14-12-10-8-6-4-2/h41-44,49-52H,3-40H2,1-2H3,(H,47,53)(H,48,54). The molecule has 54 heavy (non-hydrogen) atoms. The highest BCUT2D eigenvalue weighted by molar-refractivity contribution is 5.76. The Morgan fingerprint density at radius 2 is 0.593 bits per heavy atom. The van der Waals surface area contributed by atoms with Gasteiger partial charge >= 0.3 is 0 Å². The first-order chi connectivity index (χ1) is 26.4. The Morgan fingerprint density at radius 1 is 0.370 bits per heavy atom. The summed E-state index contributed by atoms with van der Waals surface area (Å²) in [5.41, 5.74) is 0. The van der Waals surface area contributed by atoms with E-state index in [-0.39, 0.29) is 25.0 Å². The lowest BCUT2D eigenvalue weighted by Gasteiger charge is -2.22. The van der Waals surface area contributed by atoms with Crippen LogP contribution in [0, 0.1) is 0 Å². The lowest BCUT2D eigenvalue weighted by atomic mass is 10.0. The van der Waals surface area contributed by atoms with Crippen LogP contribution in [0.4, 0.5) is 0 Å². The molecule has 4 atom stereocenters. The molecule has 0 spiro atoms. The van der Waals surface area contributed by atoms with E-state index in [1.807, 2.05) is 0 Å². The van der Waals surface area contributed by atoms with Gasteiger partial charge in [-0.1, -0.05) is 206 Å². The highest BCUT2D eigenvalue weighted by Crippen LogP contribution is 2.16. The number of aliphatic hydroxyl groups is 4. The van der Waals surface area contributed by atoms with Crippen molar-refractivity contribution in [2.24, 2.45) is 0 Å². The SMILES string of the molecule is CCCCCCCCCCCCCCCC(O)C(CO)NC(=O)CCCCCCCCC(=O)NC(CO)C(O)CCCCCCCCCCCCCCC. The molecule has 0 heterocycles. The van der Waals surface area contributed by atoms with E-state index in [1.165, 1.54) is 141 Å². The molecule has 6 N–H and O–H groups in total. The zero-order chi connectivity index (χ0) is 39.7. The molecule has 0 fully saturated rings. The van der Waals surface area contributed by atoms with E-state index in [1.54, 1.807) is 0 Å². The molecule has 0 aromatic carbocycles. The Hall–Kier alpha value is -1.22. The third-order valence-electron chi connectivity index (χ3n) is 11.3. The van der Waals surface area contributed by atoms with Crippen molar-refractivity contribution in [2.75, 3.05) is 13.2 Å². The Morgan fingerprint density at radius 3 is 0.833 bits per heavy atom. The maximum absolute atomic E-state index is 12.4. The van der Waals surface area contributed by atoms with Crippen LogP contribution < -0.4 is 10.6 Å². The lowest BCUT2D eigenvalue weighted by Crippen LogP contribution is -2.45. The summed E-state index contributed by atoms with van der Waals surface area (Å²) in [4.78, 5) is 24.9. The Kier molecular flexibility index (Phi) is 40.5. The topological polar surface area (TPSA) is 139 Å². The second kappa shape index (κ2) is 41.4. The average molecular weight is 769 g/mol. The molecule has 0 rings (SSSR count). The molecule has 322 valence electrons. The molecule has 0 aliphatic heterocycles. The maximum atomic E-state index is 12.4. The van der Waals surface area contributed by atoms with Gasteiger partial charge in [0.25, 0.3) is 0 Å². The molecule has 0 aromatic rings.